The van der Waals surface area contributed by atoms with Gasteiger partial charge in [0, 0.05) is 27.1 Å². The van der Waals surface area contributed by atoms with Crippen LogP contribution < -0.4 is 5.32 Å². The number of fused-ring (bicyclic) bond motifs is 1. The number of carbonyl (C=O) groups is 1. The van der Waals surface area contributed by atoms with Crippen LogP contribution in [-0.4, -0.2) is 31.8 Å². The van der Waals surface area contributed by atoms with Gasteiger partial charge in [0.2, 0.25) is 0 Å². The number of hydrogen-bond acceptors (Lipinski definition) is 3. The number of hydrogen-bond donors (Lipinski definition) is 1. The monoisotopic (exact) mass is 339 g/mol. The molecule has 0 saturated heterocycles. The van der Waals surface area contributed by atoms with Crippen molar-refractivity contribution in [2.75, 3.05) is 6.54 Å². The summed E-state index contributed by atoms with van der Waals surface area (Å²) < 4.78 is 3.77. The van der Waals surface area contributed by atoms with Crippen molar-refractivity contribution < 1.29 is 4.79 Å². The Morgan fingerprint density at radius 3 is 2.68 bits per heavy atom. The van der Waals surface area contributed by atoms with Crippen molar-refractivity contribution in [2.24, 2.45) is 14.1 Å². The van der Waals surface area contributed by atoms with Crippen molar-refractivity contribution in [1.82, 2.24) is 24.6 Å². The molecule has 2 aromatic heterocycles. The second kappa shape index (κ2) is 7.09. The summed E-state index contributed by atoms with van der Waals surface area (Å²) in [5.41, 5.74) is 3.69. The van der Waals surface area contributed by atoms with E-state index >= 15 is 0 Å². The fourth-order valence-electron chi connectivity index (χ4n) is 2.94. The topological polar surface area (TPSA) is 64.7 Å². The summed E-state index contributed by atoms with van der Waals surface area (Å²) in [7, 11) is 3.84. The third kappa shape index (κ3) is 3.57. The van der Waals surface area contributed by atoms with Crippen molar-refractivity contribution in [3.05, 3.63) is 47.5 Å². The Morgan fingerprint density at radius 2 is 2.00 bits per heavy atom. The summed E-state index contributed by atoms with van der Waals surface area (Å²) in [4.78, 5) is 17.0. The van der Waals surface area contributed by atoms with Crippen molar-refractivity contribution >= 4 is 16.9 Å². The van der Waals surface area contributed by atoms with E-state index in [2.05, 4.69) is 39.9 Å². The molecule has 0 saturated carbocycles. The lowest BCUT2D eigenvalue weighted by Gasteiger charge is -2.05. The molecule has 6 nitrogen and oxygen atoms in total. The van der Waals surface area contributed by atoms with Crippen molar-refractivity contribution in [3.8, 4) is 0 Å². The summed E-state index contributed by atoms with van der Waals surface area (Å²) in [6.45, 7) is 4.76. The molecule has 0 radical (unpaired) electrons. The van der Waals surface area contributed by atoms with Gasteiger partial charge in [0.15, 0.2) is 0 Å². The van der Waals surface area contributed by atoms with Gasteiger partial charge in [-0.15, -0.1) is 0 Å². The van der Waals surface area contributed by atoms with Crippen LogP contribution in [0.3, 0.4) is 0 Å². The molecule has 6 heteroatoms. The zero-order valence-electron chi connectivity index (χ0n) is 15.3. The minimum atomic E-state index is -0.0769. The molecule has 3 rings (SSSR count). The molecule has 25 heavy (non-hydrogen) atoms. The zero-order valence-corrected chi connectivity index (χ0v) is 15.3. The predicted molar refractivity (Wildman–Crippen MR) is 98.7 cm³/mol. The van der Waals surface area contributed by atoms with Crippen LogP contribution in [0.15, 0.2) is 30.3 Å². The lowest BCUT2D eigenvalue weighted by atomic mass is 10.1. The van der Waals surface area contributed by atoms with Gasteiger partial charge in [-0.1, -0.05) is 26.0 Å². The van der Waals surface area contributed by atoms with Gasteiger partial charge in [0.05, 0.1) is 16.7 Å². The Labute approximate surface area is 147 Å². The molecular weight excluding hydrogens is 314 g/mol. The Morgan fingerprint density at radius 1 is 1.24 bits per heavy atom. The Hall–Kier alpha value is -2.63. The standard InChI is InChI=1S/C19H25N5O/c1-13(2)15-12-17(24(4)22-15)19(25)20-11-7-10-18-21-14-8-5-6-9-16(14)23(18)3/h5-6,8-9,12-13H,7,10-11H2,1-4H3,(H,20,25). The van der Waals surface area contributed by atoms with Gasteiger partial charge in [0.1, 0.15) is 11.5 Å². The molecule has 0 spiro atoms. The molecule has 1 N–H and O–H groups in total. The highest BCUT2D eigenvalue weighted by atomic mass is 16.2. The number of imidazole rings is 1. The number of benzene rings is 1. The highest BCUT2D eigenvalue weighted by molar-refractivity contribution is 5.92. The van der Waals surface area contributed by atoms with Gasteiger partial charge in [0.25, 0.3) is 5.91 Å². The fourth-order valence-corrected chi connectivity index (χ4v) is 2.94. The summed E-state index contributed by atoms with van der Waals surface area (Å²) in [6, 6.07) is 9.98. The second-order valence-electron chi connectivity index (χ2n) is 6.67. The minimum absolute atomic E-state index is 0.0769. The summed E-state index contributed by atoms with van der Waals surface area (Å²) >= 11 is 0. The van der Waals surface area contributed by atoms with E-state index in [0.29, 0.717) is 18.2 Å². The smallest absolute Gasteiger partial charge is 0.269 e. The summed E-state index contributed by atoms with van der Waals surface area (Å²) in [5.74, 6) is 1.27. The predicted octanol–water partition coefficient (Wildman–Crippen LogP) is 2.79. The highest BCUT2D eigenvalue weighted by Crippen LogP contribution is 2.15. The van der Waals surface area contributed by atoms with E-state index in [1.165, 1.54) is 0 Å². The lowest BCUT2D eigenvalue weighted by Crippen LogP contribution is -2.27. The van der Waals surface area contributed by atoms with E-state index < -0.39 is 0 Å². The first-order valence-corrected chi connectivity index (χ1v) is 8.70. The van der Waals surface area contributed by atoms with Crippen LogP contribution in [0.25, 0.3) is 11.0 Å². The van der Waals surface area contributed by atoms with Gasteiger partial charge >= 0.3 is 0 Å². The van der Waals surface area contributed by atoms with Gasteiger partial charge < -0.3 is 9.88 Å². The third-order valence-electron chi connectivity index (χ3n) is 4.47. The number of amides is 1. The normalized spacial score (nSPS) is 11.4. The van der Waals surface area contributed by atoms with Gasteiger partial charge in [-0.3, -0.25) is 9.48 Å². The van der Waals surface area contributed by atoms with E-state index in [0.717, 1.165) is 35.4 Å². The molecule has 0 aliphatic heterocycles. The average Bonchev–Trinajstić information content (AvgIpc) is 3.13. The second-order valence-corrected chi connectivity index (χ2v) is 6.67. The minimum Gasteiger partial charge on any atom is -0.351 e. The van der Waals surface area contributed by atoms with Crippen LogP contribution in [0.4, 0.5) is 0 Å². The average molecular weight is 339 g/mol. The maximum absolute atomic E-state index is 12.3. The summed E-state index contributed by atoms with van der Waals surface area (Å²) in [6.07, 6.45) is 1.67. The van der Waals surface area contributed by atoms with Crippen LogP contribution in [0, 0.1) is 0 Å². The maximum Gasteiger partial charge on any atom is 0.269 e. The van der Waals surface area contributed by atoms with E-state index in [1.807, 2.05) is 31.3 Å². The fraction of sp³-hybridized carbons (Fsp3) is 0.421. The molecular formula is C19H25N5O. The third-order valence-corrected chi connectivity index (χ3v) is 4.47. The largest absolute Gasteiger partial charge is 0.351 e. The van der Waals surface area contributed by atoms with Crippen LogP contribution in [-0.2, 0) is 20.5 Å². The number of carbonyl (C=O) groups excluding carboxylic acids is 1. The quantitative estimate of drug-likeness (QED) is 0.702. The molecule has 0 bridgehead atoms. The summed E-state index contributed by atoms with van der Waals surface area (Å²) in [5, 5.41) is 7.36. The van der Waals surface area contributed by atoms with Crippen LogP contribution >= 0.6 is 0 Å². The van der Waals surface area contributed by atoms with Crippen LogP contribution in [0.5, 0.6) is 0 Å². The number of aromatic nitrogens is 4. The van der Waals surface area contributed by atoms with E-state index in [-0.39, 0.29) is 5.91 Å². The van der Waals surface area contributed by atoms with E-state index in [9.17, 15) is 4.79 Å². The van der Waals surface area contributed by atoms with Crippen LogP contribution in [0.1, 0.15) is 48.2 Å². The molecule has 0 fully saturated rings. The molecule has 0 aliphatic rings. The van der Waals surface area contributed by atoms with Crippen molar-refractivity contribution in [1.29, 1.82) is 0 Å². The molecule has 0 aliphatic carbocycles. The molecule has 2 heterocycles. The molecule has 132 valence electrons. The molecule has 1 aromatic carbocycles. The Bertz CT molecular complexity index is 890. The molecule has 3 aromatic rings. The molecule has 1 amide bonds. The SMILES string of the molecule is CC(C)c1cc(C(=O)NCCCc2nc3ccccc3n2C)n(C)n1. The highest BCUT2D eigenvalue weighted by Gasteiger charge is 2.14. The van der Waals surface area contributed by atoms with Gasteiger partial charge in [-0.25, -0.2) is 4.98 Å². The van der Waals surface area contributed by atoms with E-state index in [4.69, 9.17) is 0 Å². The first-order valence-electron chi connectivity index (χ1n) is 8.70. The maximum atomic E-state index is 12.3. The molecule has 0 unspecified atom stereocenters. The Balaban J connectivity index is 1.56. The van der Waals surface area contributed by atoms with Gasteiger partial charge in [-0.2, -0.15) is 5.10 Å². The first kappa shape index (κ1) is 17.2. The number of nitrogens with zero attached hydrogens (tertiary/aromatic N) is 4. The van der Waals surface area contributed by atoms with Crippen LogP contribution in [0.2, 0.25) is 0 Å². The Kier molecular flexibility index (Phi) is 4.88. The number of nitrogens with one attached hydrogen (secondary N) is 1. The lowest BCUT2D eigenvalue weighted by molar-refractivity contribution is 0.0943. The first-order chi connectivity index (χ1) is 12.0. The zero-order chi connectivity index (χ0) is 18.0. The number of aryl methyl sites for hydroxylation is 3. The number of rotatable bonds is 6. The molecule has 0 atom stereocenters. The van der Waals surface area contributed by atoms with E-state index in [1.54, 1.807) is 11.7 Å². The van der Waals surface area contributed by atoms with Crippen molar-refractivity contribution in [3.63, 3.8) is 0 Å². The number of para-hydroxylation sites is 2. The van der Waals surface area contributed by atoms with Crippen molar-refractivity contribution in [2.45, 2.75) is 32.6 Å². The van der Waals surface area contributed by atoms with Gasteiger partial charge in [-0.05, 0) is 30.5 Å².